The van der Waals surface area contributed by atoms with Crippen LogP contribution in [-0.4, -0.2) is 35.6 Å². The van der Waals surface area contributed by atoms with Gasteiger partial charge in [0.2, 0.25) is 0 Å². The van der Waals surface area contributed by atoms with Crippen LogP contribution in [0.15, 0.2) is 0 Å². The van der Waals surface area contributed by atoms with Gasteiger partial charge in [0.25, 0.3) is 0 Å². The van der Waals surface area contributed by atoms with Crippen molar-refractivity contribution in [2.45, 2.75) is 91.6 Å². The summed E-state index contributed by atoms with van der Waals surface area (Å²) in [5, 5.41) is 0. The van der Waals surface area contributed by atoms with Crippen molar-refractivity contribution in [2.75, 3.05) is 11.2 Å². The molecule has 0 heterocycles. The van der Waals surface area contributed by atoms with E-state index in [2.05, 4.69) is 20.8 Å². The summed E-state index contributed by atoms with van der Waals surface area (Å²) in [4.78, 5) is 0. The fraction of sp³-hybridized carbons (Fsp3) is 1.00. The van der Waals surface area contributed by atoms with Gasteiger partial charge in [-0.2, -0.15) is 0 Å². The summed E-state index contributed by atoms with van der Waals surface area (Å²) in [6.07, 6.45) is 11.4. The molecule has 0 spiro atoms. The molecule has 0 bridgehead atoms. The zero-order valence-corrected chi connectivity index (χ0v) is 17.7. The van der Waals surface area contributed by atoms with Gasteiger partial charge in [-0.25, -0.2) is 0 Å². The van der Waals surface area contributed by atoms with E-state index in [0.717, 1.165) is 17.1 Å². The van der Waals surface area contributed by atoms with Crippen molar-refractivity contribution in [1.82, 2.24) is 0 Å². The van der Waals surface area contributed by atoms with Crippen LogP contribution in [0.3, 0.4) is 0 Å². The fourth-order valence-electron chi connectivity index (χ4n) is 3.40. The first kappa shape index (κ1) is 19.8. The molecule has 1 aliphatic carbocycles. The number of hydrogen-bond acceptors (Lipinski definition) is 2. The Morgan fingerprint density at radius 1 is 0.952 bits per heavy atom. The van der Waals surface area contributed by atoms with E-state index in [0.29, 0.717) is 6.10 Å². The van der Waals surface area contributed by atoms with Gasteiger partial charge in [-0.1, -0.05) is 0 Å². The van der Waals surface area contributed by atoms with Gasteiger partial charge < -0.3 is 0 Å². The average Bonchev–Trinajstić information content (AvgIpc) is 3.33. The summed E-state index contributed by atoms with van der Waals surface area (Å²) < 4.78 is 12.2. The van der Waals surface area contributed by atoms with E-state index >= 15 is 0 Å². The third kappa shape index (κ3) is 7.69. The van der Waals surface area contributed by atoms with Gasteiger partial charge in [-0.15, -0.1) is 0 Å². The fourth-order valence-corrected chi connectivity index (χ4v) is 17.8. The third-order valence-corrected chi connectivity index (χ3v) is 19.5. The van der Waals surface area contributed by atoms with Crippen LogP contribution in [-0.2, 0) is 4.74 Å². The normalized spacial score (nSPS) is 17.1. The van der Waals surface area contributed by atoms with E-state index in [1.54, 1.807) is 13.3 Å². The van der Waals surface area contributed by atoms with Crippen LogP contribution in [0.2, 0.25) is 13.3 Å². The molecule has 0 saturated heterocycles. The number of nitrogens with two attached hydrogens (primary N) is 1. The second-order valence-corrected chi connectivity index (χ2v) is 20.9. The van der Waals surface area contributed by atoms with Gasteiger partial charge in [0.1, 0.15) is 0 Å². The van der Waals surface area contributed by atoms with Gasteiger partial charge >= 0.3 is 137 Å². The molecule has 1 fully saturated rings. The molecule has 3 heteroatoms. The van der Waals surface area contributed by atoms with Gasteiger partial charge in [0.15, 0.2) is 0 Å². The molecule has 21 heavy (non-hydrogen) atoms. The Morgan fingerprint density at radius 2 is 1.43 bits per heavy atom. The zero-order valence-electron chi connectivity index (χ0n) is 14.8. The molecule has 2 nitrogen and oxygen atoms in total. The Bertz CT molecular complexity index is 234. The Labute approximate surface area is 137 Å². The van der Waals surface area contributed by atoms with Crippen LogP contribution in [0, 0.1) is 5.92 Å². The maximum absolute atomic E-state index is 6.44. The van der Waals surface area contributed by atoms with Gasteiger partial charge in [-0.3, -0.25) is 0 Å². The summed E-state index contributed by atoms with van der Waals surface area (Å²) in [5.41, 5.74) is 5.94. The molecule has 0 aromatic carbocycles. The number of rotatable bonds is 14. The molecule has 0 aromatic heterocycles. The van der Waals surface area contributed by atoms with Crippen LogP contribution in [0.4, 0.5) is 0 Å². The summed E-state index contributed by atoms with van der Waals surface area (Å²) >= 11 is -2.08. The number of unbranched alkanes of at least 4 members (excludes halogenated alkanes) is 3. The van der Waals surface area contributed by atoms with Gasteiger partial charge in [-0.05, 0) is 0 Å². The summed E-state index contributed by atoms with van der Waals surface area (Å²) in [6, 6.07) is 0. The first-order valence-electron chi connectivity index (χ1n) is 9.53. The second kappa shape index (κ2) is 11.3. The SMILES string of the molecule is CCC[CH2][Sn]([CH2]CCC)([CH2]CCC)[CH2]OC(CN)C1CC1. The minimum atomic E-state index is -2.08. The Hall–Kier alpha value is 0.719. The number of hydrogen-bond donors (Lipinski definition) is 1. The van der Waals surface area contributed by atoms with E-state index < -0.39 is 18.4 Å². The number of ether oxygens (including phenoxy) is 1. The Morgan fingerprint density at radius 3 is 1.76 bits per heavy atom. The van der Waals surface area contributed by atoms with Crippen molar-refractivity contribution in [3.8, 4) is 0 Å². The topological polar surface area (TPSA) is 35.2 Å². The summed E-state index contributed by atoms with van der Waals surface area (Å²) in [7, 11) is 0. The van der Waals surface area contributed by atoms with Crippen LogP contribution >= 0.6 is 0 Å². The molecule has 126 valence electrons. The molecule has 1 atom stereocenters. The van der Waals surface area contributed by atoms with Crippen molar-refractivity contribution in [3.63, 3.8) is 0 Å². The van der Waals surface area contributed by atoms with Gasteiger partial charge in [0, 0.05) is 0 Å². The molecular formula is C18H39NOSn. The third-order valence-electron chi connectivity index (χ3n) is 5.17. The van der Waals surface area contributed by atoms with E-state index in [4.69, 9.17) is 10.5 Å². The van der Waals surface area contributed by atoms with Crippen molar-refractivity contribution >= 4 is 18.4 Å². The molecule has 1 rings (SSSR count). The van der Waals surface area contributed by atoms with E-state index in [1.165, 1.54) is 51.4 Å². The quantitative estimate of drug-likeness (QED) is 0.408. The molecule has 1 aliphatic rings. The van der Waals surface area contributed by atoms with Crippen molar-refractivity contribution < 1.29 is 4.74 Å². The van der Waals surface area contributed by atoms with Gasteiger partial charge in [0.05, 0.1) is 0 Å². The Balaban J connectivity index is 2.59. The molecule has 0 aromatic rings. The molecule has 0 amide bonds. The average molecular weight is 404 g/mol. The van der Waals surface area contributed by atoms with Crippen molar-refractivity contribution in [1.29, 1.82) is 0 Å². The monoisotopic (exact) mass is 405 g/mol. The molecule has 0 radical (unpaired) electrons. The first-order valence-corrected chi connectivity index (χ1v) is 17.6. The van der Waals surface area contributed by atoms with E-state index in [9.17, 15) is 0 Å². The standard InChI is InChI=1S/C6H12NO.3C4H9.Sn/c1-8-6(4-7)5-2-3-5;3*1-3-4-2;/h5-6H,1-4,7H2;3*1,3-4H2,2H3;. The molecular weight excluding hydrogens is 365 g/mol. The predicted octanol–water partition coefficient (Wildman–Crippen LogP) is 5.13. The molecule has 1 unspecified atom stereocenters. The Kier molecular flexibility index (Phi) is 10.6. The summed E-state index contributed by atoms with van der Waals surface area (Å²) in [6.45, 7) is 7.75. The predicted molar refractivity (Wildman–Crippen MR) is 96.4 cm³/mol. The summed E-state index contributed by atoms with van der Waals surface area (Å²) in [5.74, 6) is 0.794. The van der Waals surface area contributed by atoms with Crippen molar-refractivity contribution in [2.24, 2.45) is 11.7 Å². The first-order chi connectivity index (χ1) is 10.2. The second-order valence-electron chi connectivity index (χ2n) is 7.23. The van der Waals surface area contributed by atoms with Crippen LogP contribution in [0.5, 0.6) is 0 Å². The zero-order chi connectivity index (χ0) is 15.6. The molecule has 1 saturated carbocycles. The molecule has 2 N–H and O–H groups in total. The van der Waals surface area contributed by atoms with Crippen molar-refractivity contribution in [3.05, 3.63) is 0 Å². The van der Waals surface area contributed by atoms with Crippen LogP contribution < -0.4 is 5.73 Å². The van der Waals surface area contributed by atoms with E-state index in [1.807, 2.05) is 0 Å². The van der Waals surface area contributed by atoms with Crippen LogP contribution in [0.25, 0.3) is 0 Å². The van der Waals surface area contributed by atoms with E-state index in [-0.39, 0.29) is 0 Å². The molecule has 0 aliphatic heterocycles. The maximum atomic E-state index is 6.44. The minimum absolute atomic E-state index is 0.381. The van der Waals surface area contributed by atoms with Crippen LogP contribution in [0.1, 0.15) is 72.1 Å².